The molecule has 0 radical (unpaired) electrons. The minimum absolute atomic E-state index is 0.365. The maximum Gasteiger partial charge on any atom is 0.354 e. The maximum absolute atomic E-state index is 11.0. The summed E-state index contributed by atoms with van der Waals surface area (Å²) in [6.07, 6.45) is 0.761. The predicted octanol–water partition coefficient (Wildman–Crippen LogP) is 0.247. The Balaban J connectivity index is 2.53. The van der Waals surface area contributed by atoms with Crippen LogP contribution in [-0.4, -0.2) is 27.4 Å². The molecule has 0 aliphatic carbocycles. The van der Waals surface area contributed by atoms with Gasteiger partial charge >= 0.3 is 5.97 Å². The summed E-state index contributed by atoms with van der Waals surface area (Å²) >= 11 is 0. The van der Waals surface area contributed by atoms with E-state index in [1.807, 2.05) is 6.92 Å². The Morgan fingerprint density at radius 1 is 1.71 bits per heavy atom. The molecular weight excluding hydrogens is 182 g/mol. The highest BCUT2D eigenvalue weighted by Crippen LogP contribution is 2.18. The molecule has 0 fully saturated rings. The van der Waals surface area contributed by atoms with Gasteiger partial charge in [0.05, 0.1) is 5.69 Å². The Bertz CT molecular complexity index is 370. The minimum atomic E-state index is -0.873. The van der Waals surface area contributed by atoms with Crippen LogP contribution in [0.1, 0.15) is 28.7 Å². The molecule has 1 aromatic heterocycles. The van der Waals surface area contributed by atoms with E-state index in [0.717, 1.165) is 24.2 Å². The molecule has 0 unspecified atom stereocenters. The molecule has 1 aliphatic rings. The SMILES string of the molecule is CCn1nc2c(c1C(=O)O)CCNC2. The second kappa shape index (κ2) is 3.42. The largest absolute Gasteiger partial charge is 0.477 e. The number of aromatic carboxylic acids is 1. The molecule has 5 heteroatoms. The Kier molecular flexibility index (Phi) is 2.25. The van der Waals surface area contributed by atoms with Gasteiger partial charge in [-0.05, 0) is 19.9 Å². The van der Waals surface area contributed by atoms with Gasteiger partial charge in [0.2, 0.25) is 0 Å². The van der Waals surface area contributed by atoms with E-state index in [1.165, 1.54) is 0 Å². The van der Waals surface area contributed by atoms with Crippen molar-refractivity contribution in [1.82, 2.24) is 15.1 Å². The molecule has 0 aromatic carbocycles. The Morgan fingerprint density at radius 2 is 2.50 bits per heavy atom. The van der Waals surface area contributed by atoms with Gasteiger partial charge in [0, 0.05) is 18.7 Å². The summed E-state index contributed by atoms with van der Waals surface area (Å²) in [5, 5.41) is 16.5. The molecule has 2 N–H and O–H groups in total. The molecule has 5 nitrogen and oxygen atoms in total. The third-order valence-electron chi connectivity index (χ3n) is 2.48. The lowest BCUT2D eigenvalue weighted by Gasteiger charge is -2.10. The summed E-state index contributed by atoms with van der Waals surface area (Å²) in [5.41, 5.74) is 2.15. The van der Waals surface area contributed by atoms with Crippen LogP contribution in [0.5, 0.6) is 0 Å². The molecule has 0 atom stereocenters. The first-order valence-electron chi connectivity index (χ1n) is 4.76. The first-order valence-corrected chi connectivity index (χ1v) is 4.76. The van der Waals surface area contributed by atoms with Gasteiger partial charge in [-0.1, -0.05) is 0 Å². The van der Waals surface area contributed by atoms with E-state index in [4.69, 9.17) is 5.11 Å². The first kappa shape index (κ1) is 9.21. The van der Waals surface area contributed by atoms with Gasteiger partial charge < -0.3 is 10.4 Å². The van der Waals surface area contributed by atoms with Crippen molar-refractivity contribution >= 4 is 5.97 Å². The first-order chi connectivity index (χ1) is 6.74. The lowest BCUT2D eigenvalue weighted by Crippen LogP contribution is -2.24. The molecule has 1 aromatic rings. The molecule has 0 bridgehead atoms. The number of hydrogen-bond donors (Lipinski definition) is 2. The molecule has 14 heavy (non-hydrogen) atoms. The van der Waals surface area contributed by atoms with Crippen molar-refractivity contribution in [1.29, 1.82) is 0 Å². The zero-order valence-electron chi connectivity index (χ0n) is 8.08. The van der Waals surface area contributed by atoms with Gasteiger partial charge in [-0.25, -0.2) is 4.79 Å². The van der Waals surface area contributed by atoms with Crippen molar-refractivity contribution in [2.75, 3.05) is 6.54 Å². The third kappa shape index (κ3) is 1.29. The van der Waals surface area contributed by atoms with Crippen LogP contribution in [0.25, 0.3) is 0 Å². The molecule has 0 spiro atoms. The van der Waals surface area contributed by atoms with Crippen LogP contribution >= 0.6 is 0 Å². The fourth-order valence-electron chi connectivity index (χ4n) is 1.84. The van der Waals surface area contributed by atoms with E-state index >= 15 is 0 Å². The van der Waals surface area contributed by atoms with Gasteiger partial charge in [0.15, 0.2) is 0 Å². The number of nitrogens with zero attached hydrogens (tertiary/aromatic N) is 2. The zero-order chi connectivity index (χ0) is 10.1. The number of carboxylic acids is 1. The minimum Gasteiger partial charge on any atom is -0.477 e. The number of carbonyl (C=O) groups is 1. The van der Waals surface area contributed by atoms with E-state index in [0.29, 0.717) is 18.8 Å². The van der Waals surface area contributed by atoms with E-state index in [-0.39, 0.29) is 0 Å². The number of rotatable bonds is 2. The molecule has 76 valence electrons. The monoisotopic (exact) mass is 195 g/mol. The molecule has 0 amide bonds. The smallest absolute Gasteiger partial charge is 0.354 e. The van der Waals surface area contributed by atoms with Gasteiger partial charge in [-0.15, -0.1) is 0 Å². The third-order valence-corrected chi connectivity index (χ3v) is 2.48. The van der Waals surface area contributed by atoms with Crippen LogP contribution < -0.4 is 5.32 Å². The number of fused-ring (bicyclic) bond motifs is 1. The Labute approximate surface area is 81.7 Å². The van der Waals surface area contributed by atoms with Crippen LogP contribution in [0.4, 0.5) is 0 Å². The second-order valence-electron chi connectivity index (χ2n) is 3.32. The van der Waals surface area contributed by atoms with Gasteiger partial charge in [-0.2, -0.15) is 5.10 Å². The summed E-state index contributed by atoms with van der Waals surface area (Å²) in [7, 11) is 0. The average molecular weight is 195 g/mol. The van der Waals surface area contributed by atoms with Crippen molar-refractivity contribution in [3.63, 3.8) is 0 Å². The summed E-state index contributed by atoms with van der Waals surface area (Å²) in [6.45, 7) is 4.03. The standard InChI is InChI=1S/C9H13N3O2/c1-2-12-8(9(13)14)6-3-4-10-5-7(6)11-12/h10H,2-5H2,1H3,(H,13,14). The topological polar surface area (TPSA) is 67.2 Å². The lowest BCUT2D eigenvalue weighted by molar-refractivity contribution is 0.0682. The number of carboxylic acid groups (broad SMARTS) is 1. The molecule has 0 saturated heterocycles. The summed E-state index contributed by atoms with van der Waals surface area (Å²) in [6, 6.07) is 0. The van der Waals surface area contributed by atoms with Crippen LogP contribution in [0.2, 0.25) is 0 Å². The number of hydrogen-bond acceptors (Lipinski definition) is 3. The molecular formula is C9H13N3O2. The van der Waals surface area contributed by atoms with Gasteiger partial charge in [0.25, 0.3) is 0 Å². The van der Waals surface area contributed by atoms with Gasteiger partial charge in [0.1, 0.15) is 5.69 Å². The fourth-order valence-corrected chi connectivity index (χ4v) is 1.84. The van der Waals surface area contributed by atoms with Crippen LogP contribution in [0.15, 0.2) is 0 Å². The highest BCUT2D eigenvalue weighted by Gasteiger charge is 2.23. The van der Waals surface area contributed by atoms with E-state index in [2.05, 4.69) is 10.4 Å². The van der Waals surface area contributed by atoms with E-state index in [1.54, 1.807) is 4.68 Å². The number of aryl methyl sites for hydroxylation is 1. The number of nitrogens with one attached hydrogen (secondary N) is 1. The summed E-state index contributed by atoms with van der Waals surface area (Å²) in [5.74, 6) is -0.873. The van der Waals surface area contributed by atoms with Crippen molar-refractivity contribution in [2.45, 2.75) is 26.4 Å². The van der Waals surface area contributed by atoms with Crippen molar-refractivity contribution in [2.24, 2.45) is 0 Å². The van der Waals surface area contributed by atoms with Crippen molar-refractivity contribution < 1.29 is 9.90 Å². The summed E-state index contributed by atoms with van der Waals surface area (Å²) < 4.78 is 1.57. The van der Waals surface area contributed by atoms with Crippen LogP contribution in [0, 0.1) is 0 Å². The van der Waals surface area contributed by atoms with E-state index < -0.39 is 5.97 Å². The van der Waals surface area contributed by atoms with E-state index in [9.17, 15) is 4.79 Å². The predicted molar refractivity (Wildman–Crippen MR) is 50.3 cm³/mol. The highest BCUT2D eigenvalue weighted by atomic mass is 16.4. The zero-order valence-corrected chi connectivity index (χ0v) is 8.08. The highest BCUT2D eigenvalue weighted by molar-refractivity contribution is 5.87. The lowest BCUT2D eigenvalue weighted by atomic mass is 10.1. The van der Waals surface area contributed by atoms with Crippen LogP contribution in [-0.2, 0) is 19.5 Å². The molecule has 1 aliphatic heterocycles. The Morgan fingerprint density at radius 3 is 3.14 bits per heavy atom. The molecule has 0 saturated carbocycles. The fraction of sp³-hybridized carbons (Fsp3) is 0.556. The quantitative estimate of drug-likeness (QED) is 0.709. The van der Waals surface area contributed by atoms with Gasteiger partial charge in [-0.3, -0.25) is 4.68 Å². The van der Waals surface area contributed by atoms with Crippen molar-refractivity contribution in [3.05, 3.63) is 17.0 Å². The second-order valence-corrected chi connectivity index (χ2v) is 3.32. The summed E-state index contributed by atoms with van der Waals surface area (Å²) in [4.78, 5) is 11.0. The maximum atomic E-state index is 11.0. The van der Waals surface area contributed by atoms with Crippen molar-refractivity contribution in [3.8, 4) is 0 Å². The molecule has 2 rings (SSSR count). The average Bonchev–Trinajstić information content (AvgIpc) is 2.55. The molecule has 2 heterocycles. The normalized spacial score (nSPS) is 15.2. The number of aromatic nitrogens is 2. The van der Waals surface area contributed by atoms with Crippen LogP contribution in [0.3, 0.4) is 0 Å². The Hall–Kier alpha value is -1.36.